The summed E-state index contributed by atoms with van der Waals surface area (Å²) < 4.78 is 1.12. The van der Waals surface area contributed by atoms with Gasteiger partial charge in [0.25, 0.3) is 5.91 Å². The second-order valence-electron chi connectivity index (χ2n) is 8.59. The lowest BCUT2D eigenvalue weighted by Gasteiger charge is -2.25. The number of hydrogen-bond donors (Lipinski definition) is 3. The fraction of sp³-hybridized carbons (Fsp3) is 0.333. The lowest BCUT2D eigenvalue weighted by molar-refractivity contribution is 0.0934. The predicted molar refractivity (Wildman–Crippen MR) is 131 cm³/mol. The largest absolute Gasteiger partial charge is 0.382 e. The summed E-state index contributed by atoms with van der Waals surface area (Å²) in [4.78, 5) is 26.3. The molecule has 1 aliphatic heterocycles. The zero-order valence-electron chi connectivity index (χ0n) is 18.2. The van der Waals surface area contributed by atoms with Crippen molar-refractivity contribution in [1.29, 1.82) is 0 Å². The van der Waals surface area contributed by atoms with Crippen LogP contribution in [-0.2, 0) is 0 Å². The normalized spacial score (nSPS) is 17.7. The van der Waals surface area contributed by atoms with Crippen molar-refractivity contribution in [1.82, 2.24) is 15.3 Å². The molecule has 7 nitrogen and oxygen atoms in total. The van der Waals surface area contributed by atoms with Crippen LogP contribution in [0.4, 0.5) is 17.2 Å². The summed E-state index contributed by atoms with van der Waals surface area (Å²) in [5.74, 6) is 0.588. The fourth-order valence-electron chi connectivity index (χ4n) is 4.21. The molecule has 1 aromatic carbocycles. The molecule has 0 fully saturated rings. The Morgan fingerprint density at radius 2 is 2.12 bits per heavy atom. The smallest absolute Gasteiger partial charge is 0.255 e. The van der Waals surface area contributed by atoms with E-state index in [-0.39, 0.29) is 18.0 Å². The molecule has 1 unspecified atom stereocenters. The Morgan fingerprint density at radius 1 is 1.22 bits per heavy atom. The Bertz CT molecular complexity index is 1230. The van der Waals surface area contributed by atoms with Gasteiger partial charge in [0.05, 0.1) is 33.5 Å². The Hall–Kier alpha value is -3.26. The van der Waals surface area contributed by atoms with E-state index in [1.54, 1.807) is 17.5 Å². The molecule has 3 N–H and O–H groups in total. The number of nitrogens with one attached hydrogen (secondary N) is 3. The van der Waals surface area contributed by atoms with Gasteiger partial charge in [-0.25, -0.2) is 9.97 Å². The molecule has 2 aromatic heterocycles. The van der Waals surface area contributed by atoms with Gasteiger partial charge in [0.1, 0.15) is 5.82 Å². The molecule has 3 heterocycles. The van der Waals surface area contributed by atoms with Crippen LogP contribution in [0.1, 0.15) is 43.5 Å². The highest BCUT2D eigenvalue weighted by Gasteiger charge is 2.25. The summed E-state index contributed by atoms with van der Waals surface area (Å²) in [5.41, 5.74) is 7.80. The van der Waals surface area contributed by atoms with Crippen LogP contribution >= 0.6 is 11.3 Å². The quantitative estimate of drug-likeness (QED) is 0.500. The Labute approximate surface area is 191 Å². The number of aromatic nitrogens is 2. The van der Waals surface area contributed by atoms with Crippen LogP contribution in [0.3, 0.4) is 0 Å². The molecule has 8 heteroatoms. The third kappa shape index (κ3) is 4.36. The molecular formula is C24H26N6OS. The van der Waals surface area contributed by atoms with Crippen molar-refractivity contribution in [2.75, 3.05) is 17.2 Å². The highest BCUT2D eigenvalue weighted by Crippen LogP contribution is 2.29. The number of thiazole rings is 1. The first-order valence-electron chi connectivity index (χ1n) is 10.9. The summed E-state index contributed by atoms with van der Waals surface area (Å²) in [6.45, 7) is 4.94. The van der Waals surface area contributed by atoms with Gasteiger partial charge in [0, 0.05) is 36.2 Å². The fourth-order valence-corrected chi connectivity index (χ4v) is 4.93. The SMILES string of the molecule is CC(C)Nc1cc(Nc2ccc3ncsc3c2)ncc1C(=O)NC1CCC2=C(C=NC2)C1. The Morgan fingerprint density at radius 3 is 3.00 bits per heavy atom. The molecule has 0 saturated carbocycles. The van der Waals surface area contributed by atoms with Crippen LogP contribution in [-0.4, -0.2) is 40.7 Å². The second-order valence-corrected chi connectivity index (χ2v) is 9.47. The topological polar surface area (TPSA) is 91.3 Å². The zero-order chi connectivity index (χ0) is 22.1. The van der Waals surface area contributed by atoms with Gasteiger partial charge < -0.3 is 16.0 Å². The van der Waals surface area contributed by atoms with Gasteiger partial charge in [-0.1, -0.05) is 0 Å². The van der Waals surface area contributed by atoms with E-state index in [9.17, 15) is 4.79 Å². The summed E-state index contributed by atoms with van der Waals surface area (Å²) in [5, 5.41) is 9.96. The van der Waals surface area contributed by atoms with Crippen LogP contribution in [0.15, 0.2) is 52.1 Å². The number of rotatable bonds is 6. The average molecular weight is 447 g/mol. The first kappa shape index (κ1) is 20.6. The second kappa shape index (κ2) is 8.70. The molecular weight excluding hydrogens is 420 g/mol. The number of benzene rings is 1. The molecule has 3 aromatic rings. The van der Waals surface area contributed by atoms with Crippen molar-refractivity contribution in [2.45, 2.75) is 45.2 Å². The van der Waals surface area contributed by atoms with E-state index in [2.05, 4.69) is 50.8 Å². The van der Waals surface area contributed by atoms with E-state index >= 15 is 0 Å². The summed E-state index contributed by atoms with van der Waals surface area (Å²) in [7, 11) is 0. The zero-order valence-corrected chi connectivity index (χ0v) is 19.0. The molecule has 0 radical (unpaired) electrons. The van der Waals surface area contributed by atoms with Crippen LogP contribution < -0.4 is 16.0 Å². The highest BCUT2D eigenvalue weighted by atomic mass is 32.1. The maximum absolute atomic E-state index is 13.1. The van der Waals surface area contributed by atoms with E-state index in [0.29, 0.717) is 11.4 Å². The summed E-state index contributed by atoms with van der Waals surface area (Å²) >= 11 is 1.60. The minimum atomic E-state index is -0.0951. The Balaban J connectivity index is 1.34. The molecule has 0 spiro atoms. The average Bonchev–Trinajstić information content (AvgIpc) is 3.42. The number of carbonyl (C=O) groups excluding carboxylic acids is 1. The van der Waals surface area contributed by atoms with Crippen molar-refractivity contribution in [3.8, 4) is 0 Å². The van der Waals surface area contributed by atoms with Gasteiger partial charge in [-0.3, -0.25) is 9.79 Å². The summed E-state index contributed by atoms with van der Waals surface area (Å²) in [6.07, 6.45) is 6.42. The van der Waals surface area contributed by atoms with Crippen molar-refractivity contribution in [3.05, 3.63) is 52.7 Å². The number of carbonyl (C=O) groups is 1. The highest BCUT2D eigenvalue weighted by molar-refractivity contribution is 7.16. The molecule has 2 aliphatic rings. The van der Waals surface area contributed by atoms with E-state index in [1.165, 1.54) is 11.1 Å². The lowest BCUT2D eigenvalue weighted by atomic mass is 9.90. The molecule has 1 aliphatic carbocycles. The van der Waals surface area contributed by atoms with Crippen molar-refractivity contribution >= 4 is 50.9 Å². The standard InChI is InChI=1S/C24H26N6OS/c1-14(2)28-21-9-23(29-18-5-6-20-22(8-18)32-13-27-20)26-12-19(21)24(31)30-17-4-3-15-10-25-11-16(15)7-17/h5-6,8-9,11-14,17H,3-4,7,10H2,1-2H3,(H,30,31)(H2,26,28,29). The maximum Gasteiger partial charge on any atom is 0.255 e. The third-order valence-electron chi connectivity index (χ3n) is 5.78. The van der Waals surface area contributed by atoms with Crippen LogP contribution in [0.5, 0.6) is 0 Å². The minimum Gasteiger partial charge on any atom is -0.382 e. The summed E-state index contributed by atoms with van der Waals surface area (Å²) in [6, 6.07) is 8.24. The lowest BCUT2D eigenvalue weighted by Crippen LogP contribution is -2.37. The molecule has 1 atom stereocenters. The van der Waals surface area contributed by atoms with Gasteiger partial charge in [0.15, 0.2) is 0 Å². The van der Waals surface area contributed by atoms with Crippen molar-refractivity contribution < 1.29 is 4.79 Å². The first-order chi connectivity index (χ1) is 15.5. The number of fused-ring (bicyclic) bond motifs is 1. The van der Waals surface area contributed by atoms with E-state index in [1.807, 2.05) is 29.9 Å². The number of nitrogens with zero attached hydrogens (tertiary/aromatic N) is 3. The monoisotopic (exact) mass is 446 g/mol. The van der Waals surface area contributed by atoms with Gasteiger partial charge in [-0.15, -0.1) is 11.3 Å². The molecule has 164 valence electrons. The number of anilines is 3. The van der Waals surface area contributed by atoms with Gasteiger partial charge in [-0.2, -0.15) is 0 Å². The van der Waals surface area contributed by atoms with Crippen LogP contribution in [0.25, 0.3) is 10.2 Å². The molecule has 0 bridgehead atoms. The van der Waals surface area contributed by atoms with Gasteiger partial charge in [-0.05, 0) is 62.5 Å². The van der Waals surface area contributed by atoms with Crippen LogP contribution in [0, 0.1) is 0 Å². The Kier molecular flexibility index (Phi) is 5.61. The van der Waals surface area contributed by atoms with Gasteiger partial charge >= 0.3 is 0 Å². The van der Waals surface area contributed by atoms with E-state index < -0.39 is 0 Å². The van der Waals surface area contributed by atoms with Gasteiger partial charge in [0.2, 0.25) is 0 Å². The molecule has 32 heavy (non-hydrogen) atoms. The van der Waals surface area contributed by atoms with Crippen molar-refractivity contribution in [3.63, 3.8) is 0 Å². The van der Waals surface area contributed by atoms with E-state index in [4.69, 9.17) is 0 Å². The number of amides is 1. The number of aliphatic imine (C=N–C) groups is 1. The third-order valence-corrected chi connectivity index (χ3v) is 6.57. The molecule has 0 saturated heterocycles. The minimum absolute atomic E-state index is 0.0951. The number of pyridine rings is 1. The molecule has 1 amide bonds. The number of hydrogen-bond acceptors (Lipinski definition) is 7. The molecule has 5 rings (SSSR count). The predicted octanol–water partition coefficient (Wildman–Crippen LogP) is 4.92. The van der Waals surface area contributed by atoms with E-state index in [0.717, 1.165) is 47.4 Å². The first-order valence-corrected chi connectivity index (χ1v) is 11.8. The maximum atomic E-state index is 13.1. The van der Waals surface area contributed by atoms with Crippen LogP contribution in [0.2, 0.25) is 0 Å². The van der Waals surface area contributed by atoms with Crippen molar-refractivity contribution in [2.24, 2.45) is 4.99 Å².